The molecule has 0 unspecified atom stereocenters. The standard InChI is InChI=1S/C15H14ClNOS2/c1-19-10-7-8-12(16)11(9-10)15(18)17-13-5-3-4-6-14(13)20-2/h3-9H,1-2H3,(H,17,18). The van der Waals surface area contributed by atoms with E-state index >= 15 is 0 Å². The lowest BCUT2D eigenvalue weighted by Crippen LogP contribution is -2.13. The van der Waals surface area contributed by atoms with Crippen LogP contribution in [0, 0.1) is 0 Å². The molecule has 2 aromatic carbocycles. The van der Waals surface area contributed by atoms with Gasteiger partial charge in [-0.15, -0.1) is 23.5 Å². The topological polar surface area (TPSA) is 29.1 Å². The molecule has 104 valence electrons. The lowest BCUT2D eigenvalue weighted by Gasteiger charge is -2.10. The molecule has 1 amide bonds. The first-order valence-corrected chi connectivity index (χ1v) is 8.76. The summed E-state index contributed by atoms with van der Waals surface area (Å²) in [5.74, 6) is -0.188. The van der Waals surface area contributed by atoms with Gasteiger partial charge in [0.05, 0.1) is 16.3 Å². The van der Waals surface area contributed by atoms with Crippen molar-refractivity contribution >= 4 is 46.7 Å². The molecule has 0 radical (unpaired) electrons. The van der Waals surface area contributed by atoms with Gasteiger partial charge in [0.2, 0.25) is 0 Å². The predicted octanol–water partition coefficient (Wildman–Crippen LogP) is 5.04. The van der Waals surface area contributed by atoms with Gasteiger partial charge in [-0.3, -0.25) is 4.79 Å². The summed E-state index contributed by atoms with van der Waals surface area (Å²) in [6.45, 7) is 0. The summed E-state index contributed by atoms with van der Waals surface area (Å²) in [6, 6.07) is 13.2. The van der Waals surface area contributed by atoms with Crippen LogP contribution in [0.1, 0.15) is 10.4 Å². The molecule has 0 aliphatic heterocycles. The average Bonchev–Trinajstić information content (AvgIpc) is 2.48. The Morgan fingerprint density at radius 1 is 1.10 bits per heavy atom. The first kappa shape index (κ1) is 15.3. The van der Waals surface area contributed by atoms with Crippen molar-refractivity contribution in [2.45, 2.75) is 9.79 Å². The maximum atomic E-state index is 12.4. The van der Waals surface area contributed by atoms with Crippen molar-refractivity contribution in [2.75, 3.05) is 17.8 Å². The number of rotatable bonds is 4. The lowest BCUT2D eigenvalue weighted by molar-refractivity contribution is 0.102. The van der Waals surface area contributed by atoms with E-state index in [9.17, 15) is 4.79 Å². The zero-order valence-corrected chi connectivity index (χ0v) is 13.5. The second-order valence-electron chi connectivity index (χ2n) is 4.00. The van der Waals surface area contributed by atoms with E-state index < -0.39 is 0 Å². The average molecular weight is 324 g/mol. The quantitative estimate of drug-likeness (QED) is 0.799. The van der Waals surface area contributed by atoms with Crippen molar-refractivity contribution in [1.29, 1.82) is 0 Å². The van der Waals surface area contributed by atoms with Crippen molar-refractivity contribution in [3.63, 3.8) is 0 Å². The molecule has 0 spiro atoms. The number of carbonyl (C=O) groups is 1. The summed E-state index contributed by atoms with van der Waals surface area (Å²) in [5, 5.41) is 3.38. The maximum absolute atomic E-state index is 12.4. The largest absolute Gasteiger partial charge is 0.321 e. The number of carbonyl (C=O) groups excluding carboxylic acids is 1. The van der Waals surface area contributed by atoms with Gasteiger partial charge in [-0.25, -0.2) is 0 Å². The number of benzene rings is 2. The molecule has 0 aliphatic carbocycles. The first-order chi connectivity index (χ1) is 9.65. The van der Waals surface area contributed by atoms with Gasteiger partial charge < -0.3 is 5.32 Å². The van der Waals surface area contributed by atoms with Crippen LogP contribution < -0.4 is 5.32 Å². The van der Waals surface area contributed by atoms with Crippen LogP contribution in [-0.4, -0.2) is 18.4 Å². The van der Waals surface area contributed by atoms with Crippen LogP contribution in [0.2, 0.25) is 5.02 Å². The summed E-state index contributed by atoms with van der Waals surface area (Å²) >= 11 is 9.29. The lowest BCUT2D eigenvalue weighted by atomic mass is 10.2. The summed E-state index contributed by atoms with van der Waals surface area (Å²) in [4.78, 5) is 14.4. The summed E-state index contributed by atoms with van der Waals surface area (Å²) in [6.07, 6.45) is 3.94. The Balaban J connectivity index is 2.28. The number of thioether (sulfide) groups is 2. The monoisotopic (exact) mass is 323 g/mol. The third-order valence-corrected chi connectivity index (χ3v) is 4.62. The maximum Gasteiger partial charge on any atom is 0.257 e. The van der Waals surface area contributed by atoms with Crippen molar-refractivity contribution in [1.82, 2.24) is 0 Å². The Morgan fingerprint density at radius 3 is 2.55 bits per heavy atom. The van der Waals surface area contributed by atoms with E-state index in [4.69, 9.17) is 11.6 Å². The minimum Gasteiger partial charge on any atom is -0.321 e. The molecular formula is C15H14ClNOS2. The smallest absolute Gasteiger partial charge is 0.257 e. The molecule has 2 nitrogen and oxygen atoms in total. The molecule has 0 bridgehead atoms. The Kier molecular flexibility index (Phi) is 5.40. The summed E-state index contributed by atoms with van der Waals surface area (Å²) < 4.78 is 0. The van der Waals surface area contributed by atoms with E-state index in [0.29, 0.717) is 10.6 Å². The normalized spacial score (nSPS) is 10.3. The second-order valence-corrected chi connectivity index (χ2v) is 6.14. The van der Waals surface area contributed by atoms with Gasteiger partial charge >= 0.3 is 0 Å². The number of hydrogen-bond donors (Lipinski definition) is 1. The fraction of sp³-hybridized carbons (Fsp3) is 0.133. The van der Waals surface area contributed by atoms with Gasteiger partial charge in [-0.05, 0) is 42.8 Å². The van der Waals surface area contributed by atoms with Crippen LogP contribution in [0.25, 0.3) is 0 Å². The molecule has 1 N–H and O–H groups in total. The molecular weight excluding hydrogens is 310 g/mol. The number of nitrogens with one attached hydrogen (secondary N) is 1. The molecule has 0 aliphatic rings. The van der Waals surface area contributed by atoms with E-state index in [0.717, 1.165) is 15.5 Å². The number of halogens is 1. The van der Waals surface area contributed by atoms with Gasteiger partial charge in [-0.1, -0.05) is 23.7 Å². The Hall–Kier alpha value is -1.10. The van der Waals surface area contributed by atoms with Crippen LogP contribution in [0.5, 0.6) is 0 Å². The van der Waals surface area contributed by atoms with Crippen molar-refractivity contribution in [3.05, 3.63) is 53.1 Å². The molecule has 20 heavy (non-hydrogen) atoms. The SMILES string of the molecule is CSc1ccc(Cl)c(C(=O)Nc2ccccc2SC)c1. The fourth-order valence-corrected chi connectivity index (χ4v) is 2.94. The summed E-state index contributed by atoms with van der Waals surface area (Å²) in [7, 11) is 0. The van der Waals surface area contributed by atoms with Crippen molar-refractivity contribution in [3.8, 4) is 0 Å². The molecule has 0 aromatic heterocycles. The highest BCUT2D eigenvalue weighted by Crippen LogP contribution is 2.27. The molecule has 2 aromatic rings. The minimum atomic E-state index is -0.188. The molecule has 0 saturated carbocycles. The van der Waals surface area contributed by atoms with Crippen LogP contribution in [0.4, 0.5) is 5.69 Å². The van der Waals surface area contributed by atoms with Gasteiger partial charge in [0, 0.05) is 9.79 Å². The molecule has 5 heteroatoms. The minimum absolute atomic E-state index is 0.188. The highest BCUT2D eigenvalue weighted by atomic mass is 35.5. The highest BCUT2D eigenvalue weighted by Gasteiger charge is 2.13. The zero-order chi connectivity index (χ0) is 14.5. The van der Waals surface area contributed by atoms with Gasteiger partial charge in [0.1, 0.15) is 0 Å². The zero-order valence-electron chi connectivity index (χ0n) is 11.1. The van der Waals surface area contributed by atoms with E-state index in [1.807, 2.05) is 48.9 Å². The summed E-state index contributed by atoms with van der Waals surface area (Å²) in [5.41, 5.74) is 1.30. The Morgan fingerprint density at radius 2 is 1.85 bits per heavy atom. The molecule has 0 heterocycles. The molecule has 0 saturated heterocycles. The Labute approximate surface area is 132 Å². The van der Waals surface area contributed by atoms with E-state index in [-0.39, 0.29) is 5.91 Å². The van der Waals surface area contributed by atoms with Crippen LogP contribution in [0.3, 0.4) is 0 Å². The fourth-order valence-electron chi connectivity index (χ4n) is 1.74. The number of anilines is 1. The third-order valence-electron chi connectivity index (χ3n) is 2.77. The number of amides is 1. The predicted molar refractivity (Wildman–Crippen MR) is 89.4 cm³/mol. The Bertz CT molecular complexity index is 631. The van der Waals surface area contributed by atoms with Crippen molar-refractivity contribution in [2.24, 2.45) is 0 Å². The second kappa shape index (κ2) is 7.07. The van der Waals surface area contributed by atoms with Gasteiger partial charge in [0.15, 0.2) is 0 Å². The van der Waals surface area contributed by atoms with Crippen molar-refractivity contribution < 1.29 is 4.79 Å². The molecule has 0 atom stereocenters. The van der Waals surface area contributed by atoms with E-state index in [1.54, 1.807) is 29.6 Å². The first-order valence-electron chi connectivity index (χ1n) is 5.93. The molecule has 2 rings (SSSR count). The highest BCUT2D eigenvalue weighted by molar-refractivity contribution is 7.99. The third kappa shape index (κ3) is 3.51. The van der Waals surface area contributed by atoms with E-state index in [2.05, 4.69) is 5.32 Å². The van der Waals surface area contributed by atoms with Crippen LogP contribution in [-0.2, 0) is 0 Å². The number of para-hydroxylation sites is 1. The van der Waals surface area contributed by atoms with E-state index in [1.165, 1.54) is 0 Å². The van der Waals surface area contributed by atoms with Crippen LogP contribution >= 0.6 is 35.1 Å². The molecule has 0 fully saturated rings. The van der Waals surface area contributed by atoms with Gasteiger partial charge in [0.25, 0.3) is 5.91 Å². The van der Waals surface area contributed by atoms with Crippen LogP contribution in [0.15, 0.2) is 52.3 Å². The van der Waals surface area contributed by atoms with Gasteiger partial charge in [-0.2, -0.15) is 0 Å². The number of hydrogen-bond acceptors (Lipinski definition) is 3.